The van der Waals surface area contributed by atoms with E-state index in [1.807, 2.05) is 6.08 Å². The lowest BCUT2D eigenvalue weighted by Crippen LogP contribution is -2.38. The van der Waals surface area contributed by atoms with Gasteiger partial charge >= 0.3 is 0 Å². The smallest absolute Gasteiger partial charge is 0.0164 e. The van der Waals surface area contributed by atoms with Crippen LogP contribution >= 0.6 is 0 Å². The Labute approximate surface area is 63.5 Å². The second kappa shape index (κ2) is 5.45. The van der Waals surface area contributed by atoms with E-state index in [9.17, 15) is 0 Å². The topological polar surface area (TPSA) is 38.0 Å². The van der Waals surface area contributed by atoms with Crippen LogP contribution in [0.5, 0.6) is 0 Å². The fourth-order valence-corrected chi connectivity index (χ4v) is 0.872. The van der Waals surface area contributed by atoms with Gasteiger partial charge in [-0.25, -0.2) is 0 Å². The van der Waals surface area contributed by atoms with Crippen LogP contribution in [0.2, 0.25) is 0 Å². The molecule has 0 amide bonds. The van der Waals surface area contributed by atoms with Crippen molar-refractivity contribution in [2.45, 2.75) is 32.4 Å². The normalized spacial score (nSPS) is 16.3. The molecule has 0 aliphatic rings. The molecule has 2 unspecified atom stereocenters. The van der Waals surface area contributed by atoms with Crippen molar-refractivity contribution in [2.75, 3.05) is 6.54 Å². The molecular weight excluding hydrogens is 124 g/mol. The van der Waals surface area contributed by atoms with Crippen LogP contribution < -0.4 is 11.1 Å². The van der Waals surface area contributed by atoms with Crippen LogP contribution in [0.15, 0.2) is 12.7 Å². The number of nitrogens with one attached hydrogen (secondary N) is 1. The van der Waals surface area contributed by atoms with E-state index in [0.29, 0.717) is 18.6 Å². The molecule has 0 aromatic rings. The van der Waals surface area contributed by atoms with Crippen molar-refractivity contribution in [2.24, 2.45) is 5.73 Å². The van der Waals surface area contributed by atoms with Crippen molar-refractivity contribution in [1.82, 2.24) is 5.32 Å². The molecule has 2 atom stereocenters. The van der Waals surface area contributed by atoms with E-state index in [-0.39, 0.29) is 0 Å². The summed E-state index contributed by atoms with van der Waals surface area (Å²) in [7, 11) is 0. The van der Waals surface area contributed by atoms with Crippen LogP contribution in [-0.4, -0.2) is 18.6 Å². The monoisotopic (exact) mass is 142 g/mol. The Morgan fingerprint density at radius 1 is 1.50 bits per heavy atom. The second-order valence-corrected chi connectivity index (χ2v) is 2.73. The predicted molar refractivity (Wildman–Crippen MR) is 45.9 cm³/mol. The maximum Gasteiger partial charge on any atom is 0.0164 e. The van der Waals surface area contributed by atoms with E-state index in [1.165, 1.54) is 0 Å². The van der Waals surface area contributed by atoms with Crippen molar-refractivity contribution in [3.63, 3.8) is 0 Å². The van der Waals surface area contributed by atoms with Gasteiger partial charge in [0.2, 0.25) is 0 Å². The summed E-state index contributed by atoms with van der Waals surface area (Å²) >= 11 is 0. The maximum absolute atomic E-state index is 5.43. The van der Waals surface area contributed by atoms with Crippen LogP contribution in [0.4, 0.5) is 0 Å². The molecule has 3 N–H and O–H groups in total. The highest BCUT2D eigenvalue weighted by Crippen LogP contribution is 1.91. The van der Waals surface area contributed by atoms with Gasteiger partial charge in [0.15, 0.2) is 0 Å². The Hall–Kier alpha value is -0.340. The Balaban J connectivity index is 3.35. The Kier molecular flexibility index (Phi) is 5.26. The first-order valence-electron chi connectivity index (χ1n) is 3.77. The molecule has 0 heterocycles. The Morgan fingerprint density at radius 3 is 2.50 bits per heavy atom. The quantitative estimate of drug-likeness (QED) is 0.559. The first-order chi connectivity index (χ1) is 4.70. The standard InChI is InChI=1S/C8H18N2/c1-4-5-7(2)10-8(3)6-9/h4,7-8,10H,1,5-6,9H2,2-3H3. The third kappa shape index (κ3) is 4.53. The SMILES string of the molecule is C=CCC(C)NC(C)CN. The minimum absolute atomic E-state index is 0.412. The molecule has 0 radical (unpaired) electrons. The highest BCUT2D eigenvalue weighted by molar-refractivity contribution is 4.76. The van der Waals surface area contributed by atoms with E-state index < -0.39 is 0 Å². The van der Waals surface area contributed by atoms with Gasteiger partial charge < -0.3 is 11.1 Å². The molecule has 0 aliphatic heterocycles. The minimum atomic E-state index is 0.412. The van der Waals surface area contributed by atoms with Crippen molar-refractivity contribution in [3.8, 4) is 0 Å². The fraction of sp³-hybridized carbons (Fsp3) is 0.750. The molecule has 0 aliphatic carbocycles. The molecule has 2 heteroatoms. The number of rotatable bonds is 5. The predicted octanol–water partition coefficient (Wildman–Crippen LogP) is 0.888. The molecule has 2 nitrogen and oxygen atoms in total. The summed E-state index contributed by atoms with van der Waals surface area (Å²) in [5.41, 5.74) is 5.43. The van der Waals surface area contributed by atoms with E-state index in [2.05, 4.69) is 25.7 Å². The van der Waals surface area contributed by atoms with E-state index in [1.54, 1.807) is 0 Å². The minimum Gasteiger partial charge on any atom is -0.329 e. The molecule has 0 saturated heterocycles. The van der Waals surface area contributed by atoms with Crippen molar-refractivity contribution in [3.05, 3.63) is 12.7 Å². The van der Waals surface area contributed by atoms with Crippen LogP contribution in [0.25, 0.3) is 0 Å². The lowest BCUT2D eigenvalue weighted by atomic mass is 10.2. The fourth-order valence-electron chi connectivity index (χ4n) is 0.872. The van der Waals surface area contributed by atoms with Crippen LogP contribution in [-0.2, 0) is 0 Å². The largest absolute Gasteiger partial charge is 0.329 e. The lowest BCUT2D eigenvalue weighted by Gasteiger charge is -2.16. The summed E-state index contributed by atoms with van der Waals surface area (Å²) in [5.74, 6) is 0. The van der Waals surface area contributed by atoms with E-state index >= 15 is 0 Å². The van der Waals surface area contributed by atoms with E-state index in [4.69, 9.17) is 5.73 Å². The molecule has 60 valence electrons. The van der Waals surface area contributed by atoms with Gasteiger partial charge in [-0.1, -0.05) is 6.08 Å². The molecule has 10 heavy (non-hydrogen) atoms. The van der Waals surface area contributed by atoms with Gasteiger partial charge in [-0.3, -0.25) is 0 Å². The average Bonchev–Trinajstić information content (AvgIpc) is 1.88. The number of hydrogen-bond donors (Lipinski definition) is 2. The molecule has 0 saturated carbocycles. The summed E-state index contributed by atoms with van der Waals surface area (Å²) in [6, 6.07) is 0.908. The highest BCUT2D eigenvalue weighted by Gasteiger charge is 2.02. The summed E-state index contributed by atoms with van der Waals surface area (Å²) < 4.78 is 0. The summed E-state index contributed by atoms with van der Waals surface area (Å²) in [6.07, 6.45) is 2.92. The van der Waals surface area contributed by atoms with Crippen LogP contribution in [0.3, 0.4) is 0 Å². The molecule has 0 rings (SSSR count). The van der Waals surface area contributed by atoms with Gasteiger partial charge in [0.1, 0.15) is 0 Å². The van der Waals surface area contributed by atoms with Gasteiger partial charge in [-0.2, -0.15) is 0 Å². The molecule has 0 bridgehead atoms. The van der Waals surface area contributed by atoms with Crippen LogP contribution in [0, 0.1) is 0 Å². The zero-order chi connectivity index (χ0) is 7.98. The van der Waals surface area contributed by atoms with Crippen molar-refractivity contribution >= 4 is 0 Å². The first-order valence-corrected chi connectivity index (χ1v) is 3.77. The third-order valence-electron chi connectivity index (χ3n) is 1.44. The number of nitrogens with two attached hydrogens (primary N) is 1. The molecular formula is C8H18N2. The average molecular weight is 142 g/mol. The van der Waals surface area contributed by atoms with Gasteiger partial charge in [0.25, 0.3) is 0 Å². The summed E-state index contributed by atoms with van der Waals surface area (Å²) in [6.45, 7) is 8.57. The molecule has 0 fully saturated rings. The maximum atomic E-state index is 5.43. The second-order valence-electron chi connectivity index (χ2n) is 2.73. The van der Waals surface area contributed by atoms with Gasteiger partial charge in [-0.05, 0) is 20.3 Å². The first kappa shape index (κ1) is 9.66. The van der Waals surface area contributed by atoms with E-state index in [0.717, 1.165) is 6.42 Å². The van der Waals surface area contributed by atoms with Crippen molar-refractivity contribution < 1.29 is 0 Å². The van der Waals surface area contributed by atoms with Crippen LogP contribution in [0.1, 0.15) is 20.3 Å². The Bertz CT molecular complexity index is 91.3. The van der Waals surface area contributed by atoms with Gasteiger partial charge in [0, 0.05) is 18.6 Å². The molecule has 0 aromatic carbocycles. The van der Waals surface area contributed by atoms with Gasteiger partial charge in [0.05, 0.1) is 0 Å². The lowest BCUT2D eigenvalue weighted by molar-refractivity contribution is 0.475. The summed E-state index contributed by atoms with van der Waals surface area (Å²) in [5, 5.41) is 3.33. The summed E-state index contributed by atoms with van der Waals surface area (Å²) in [4.78, 5) is 0. The zero-order valence-electron chi connectivity index (χ0n) is 6.93. The number of hydrogen-bond acceptors (Lipinski definition) is 2. The highest BCUT2D eigenvalue weighted by atomic mass is 14.9. The third-order valence-corrected chi connectivity index (χ3v) is 1.44. The molecule has 0 aromatic heterocycles. The van der Waals surface area contributed by atoms with Crippen molar-refractivity contribution in [1.29, 1.82) is 0 Å². The molecule has 0 spiro atoms. The zero-order valence-corrected chi connectivity index (χ0v) is 6.93. The van der Waals surface area contributed by atoms with Gasteiger partial charge in [-0.15, -0.1) is 6.58 Å². The Morgan fingerprint density at radius 2 is 2.10 bits per heavy atom.